The molecule has 21 heavy (non-hydrogen) atoms. The molecule has 1 aromatic rings. The van der Waals surface area contributed by atoms with Crippen molar-refractivity contribution >= 4 is 11.9 Å². The van der Waals surface area contributed by atoms with Gasteiger partial charge in [0.15, 0.2) is 0 Å². The highest BCUT2D eigenvalue weighted by molar-refractivity contribution is 5.95. The summed E-state index contributed by atoms with van der Waals surface area (Å²) >= 11 is 0. The van der Waals surface area contributed by atoms with E-state index in [0.29, 0.717) is 12.3 Å². The van der Waals surface area contributed by atoms with Gasteiger partial charge in [-0.25, -0.2) is 9.78 Å². The maximum absolute atomic E-state index is 12.6. The van der Waals surface area contributed by atoms with Gasteiger partial charge in [-0.2, -0.15) is 0 Å². The zero-order valence-corrected chi connectivity index (χ0v) is 11.9. The zero-order chi connectivity index (χ0) is 15.0. The average Bonchev–Trinajstić information content (AvgIpc) is 3.31. The van der Waals surface area contributed by atoms with Crippen molar-refractivity contribution in [2.45, 2.75) is 44.7 Å². The van der Waals surface area contributed by atoms with Crippen LogP contribution in [0.4, 0.5) is 0 Å². The van der Waals surface area contributed by atoms with E-state index < -0.39 is 12.0 Å². The van der Waals surface area contributed by atoms with Gasteiger partial charge in [0.2, 0.25) is 0 Å². The molecule has 0 aromatic carbocycles. The van der Waals surface area contributed by atoms with E-state index in [1.165, 1.54) is 4.90 Å². The lowest BCUT2D eigenvalue weighted by Crippen LogP contribution is -2.45. The van der Waals surface area contributed by atoms with E-state index in [9.17, 15) is 14.7 Å². The third-order valence-corrected chi connectivity index (χ3v) is 3.96. The number of pyridine rings is 1. The molecule has 112 valence electrons. The summed E-state index contributed by atoms with van der Waals surface area (Å²) in [4.78, 5) is 29.4. The number of carboxylic acids is 1. The number of rotatable bonds is 4. The molecule has 1 unspecified atom stereocenters. The van der Waals surface area contributed by atoms with Gasteiger partial charge in [0.05, 0.1) is 12.8 Å². The van der Waals surface area contributed by atoms with Crippen LogP contribution >= 0.6 is 0 Å². The van der Waals surface area contributed by atoms with Gasteiger partial charge in [-0.1, -0.05) is 0 Å². The molecule has 1 N–H and O–H groups in total. The van der Waals surface area contributed by atoms with Crippen molar-refractivity contribution < 1.29 is 19.4 Å². The van der Waals surface area contributed by atoms with Crippen molar-refractivity contribution in [2.24, 2.45) is 0 Å². The van der Waals surface area contributed by atoms with Gasteiger partial charge in [-0.3, -0.25) is 4.79 Å². The molecule has 1 atom stereocenters. The van der Waals surface area contributed by atoms with E-state index in [-0.39, 0.29) is 11.9 Å². The van der Waals surface area contributed by atoms with Crippen molar-refractivity contribution in [1.82, 2.24) is 9.88 Å². The van der Waals surface area contributed by atoms with E-state index in [1.54, 1.807) is 19.2 Å². The van der Waals surface area contributed by atoms with Crippen LogP contribution in [0.3, 0.4) is 0 Å². The predicted octanol–water partition coefficient (Wildman–Crippen LogP) is 1.48. The van der Waals surface area contributed by atoms with Gasteiger partial charge in [0.25, 0.3) is 5.91 Å². The number of carboxylic acid groups (broad SMARTS) is 1. The van der Waals surface area contributed by atoms with Gasteiger partial charge in [-0.15, -0.1) is 0 Å². The van der Waals surface area contributed by atoms with E-state index in [0.717, 1.165) is 37.0 Å². The second-order valence-corrected chi connectivity index (χ2v) is 5.59. The Morgan fingerprint density at radius 2 is 2.24 bits per heavy atom. The molecule has 1 aromatic heterocycles. The maximum atomic E-state index is 12.6. The van der Waals surface area contributed by atoms with Gasteiger partial charge in [-0.05, 0) is 44.2 Å². The summed E-state index contributed by atoms with van der Waals surface area (Å²) in [6.45, 7) is 2.21. The summed E-state index contributed by atoms with van der Waals surface area (Å²) in [6, 6.07) is 0.928. The Kier molecular flexibility index (Phi) is 3.53. The van der Waals surface area contributed by atoms with Crippen molar-refractivity contribution in [1.29, 1.82) is 0 Å². The minimum atomic E-state index is -0.989. The number of aliphatic carboxylic acids is 1. The molecular formula is C15H18N2O4. The summed E-state index contributed by atoms with van der Waals surface area (Å²) in [5, 5.41) is 9.18. The molecule has 1 aliphatic carbocycles. The maximum Gasteiger partial charge on any atom is 0.326 e. The highest BCUT2D eigenvalue weighted by Crippen LogP contribution is 2.31. The SMILES string of the molecule is CC(C(=O)O)N(C(=O)c1cc2c(cn1)OCCC2)C1CC1. The highest BCUT2D eigenvalue weighted by atomic mass is 16.5. The Bertz CT molecular complexity index is 583. The van der Waals surface area contributed by atoms with Crippen LogP contribution in [0.1, 0.15) is 42.2 Å². The molecule has 0 spiro atoms. The fraction of sp³-hybridized carbons (Fsp3) is 0.533. The zero-order valence-electron chi connectivity index (χ0n) is 11.9. The molecule has 1 fully saturated rings. The number of carbonyl (C=O) groups excluding carboxylic acids is 1. The molecule has 0 saturated heterocycles. The van der Waals surface area contributed by atoms with Gasteiger partial charge >= 0.3 is 5.97 Å². The minimum absolute atomic E-state index is 0.0256. The number of hydrogen-bond acceptors (Lipinski definition) is 4. The molecule has 2 aliphatic rings. The van der Waals surface area contributed by atoms with Gasteiger partial charge < -0.3 is 14.7 Å². The number of amides is 1. The number of carbonyl (C=O) groups is 2. The van der Waals surface area contributed by atoms with E-state index in [2.05, 4.69) is 4.98 Å². The topological polar surface area (TPSA) is 79.7 Å². The van der Waals surface area contributed by atoms with Crippen molar-refractivity contribution in [3.05, 3.63) is 23.5 Å². The number of aromatic nitrogens is 1. The predicted molar refractivity (Wildman–Crippen MR) is 74.3 cm³/mol. The number of aryl methyl sites for hydroxylation is 1. The summed E-state index contributed by atoms with van der Waals surface area (Å²) in [5.41, 5.74) is 1.28. The molecule has 2 heterocycles. The Hall–Kier alpha value is -2.11. The van der Waals surface area contributed by atoms with Crippen LogP contribution in [-0.4, -0.2) is 45.6 Å². The Labute approximate surface area is 122 Å². The standard InChI is InChI=1S/C15H18N2O4/c1-9(15(19)20)17(11-4-5-11)14(18)12-7-10-3-2-6-21-13(10)8-16-12/h7-9,11H,2-6H2,1H3,(H,19,20). The number of ether oxygens (including phenoxy) is 1. The molecule has 6 heteroatoms. The lowest BCUT2D eigenvalue weighted by Gasteiger charge is -2.26. The van der Waals surface area contributed by atoms with E-state index in [1.807, 2.05) is 0 Å². The molecule has 1 aliphatic heterocycles. The summed E-state index contributed by atoms with van der Waals surface area (Å²) in [5.74, 6) is -0.570. The molecule has 1 saturated carbocycles. The van der Waals surface area contributed by atoms with Crippen molar-refractivity contribution in [2.75, 3.05) is 6.61 Å². The fourth-order valence-corrected chi connectivity index (χ4v) is 2.63. The largest absolute Gasteiger partial charge is 0.492 e. The van der Waals surface area contributed by atoms with Crippen molar-refractivity contribution in [3.63, 3.8) is 0 Å². The smallest absolute Gasteiger partial charge is 0.326 e. The third-order valence-electron chi connectivity index (χ3n) is 3.96. The lowest BCUT2D eigenvalue weighted by atomic mass is 10.1. The Morgan fingerprint density at radius 3 is 2.90 bits per heavy atom. The third kappa shape index (κ3) is 2.70. The van der Waals surface area contributed by atoms with Crippen LogP contribution in [0.5, 0.6) is 5.75 Å². The average molecular weight is 290 g/mol. The number of nitrogens with zero attached hydrogens (tertiary/aromatic N) is 2. The van der Waals surface area contributed by atoms with E-state index in [4.69, 9.17) is 4.74 Å². The Balaban J connectivity index is 1.87. The fourth-order valence-electron chi connectivity index (χ4n) is 2.63. The van der Waals surface area contributed by atoms with Crippen molar-refractivity contribution in [3.8, 4) is 5.75 Å². The first-order valence-corrected chi connectivity index (χ1v) is 7.25. The van der Waals surface area contributed by atoms with Crippen LogP contribution in [0.2, 0.25) is 0 Å². The van der Waals surface area contributed by atoms with E-state index >= 15 is 0 Å². The first-order valence-electron chi connectivity index (χ1n) is 7.25. The normalized spacial score (nSPS) is 18.3. The molecular weight excluding hydrogens is 272 g/mol. The lowest BCUT2D eigenvalue weighted by molar-refractivity contribution is -0.141. The minimum Gasteiger partial charge on any atom is -0.492 e. The van der Waals surface area contributed by atoms with Crippen LogP contribution in [0.15, 0.2) is 12.3 Å². The molecule has 0 bridgehead atoms. The van der Waals surface area contributed by atoms with Gasteiger partial charge in [0, 0.05) is 6.04 Å². The highest BCUT2D eigenvalue weighted by Gasteiger charge is 2.39. The van der Waals surface area contributed by atoms with Crippen LogP contribution in [-0.2, 0) is 11.2 Å². The molecule has 6 nitrogen and oxygen atoms in total. The second kappa shape index (κ2) is 5.35. The second-order valence-electron chi connectivity index (χ2n) is 5.59. The van der Waals surface area contributed by atoms with Gasteiger partial charge in [0.1, 0.15) is 17.5 Å². The first kappa shape index (κ1) is 13.9. The van der Waals surface area contributed by atoms with Crippen LogP contribution < -0.4 is 4.74 Å². The quantitative estimate of drug-likeness (QED) is 0.908. The van der Waals surface area contributed by atoms with Crippen LogP contribution in [0, 0.1) is 0 Å². The molecule has 0 radical (unpaired) electrons. The summed E-state index contributed by atoms with van der Waals surface area (Å²) in [7, 11) is 0. The molecule has 1 amide bonds. The number of fused-ring (bicyclic) bond motifs is 1. The monoisotopic (exact) mass is 290 g/mol. The molecule has 3 rings (SSSR count). The Morgan fingerprint density at radius 1 is 1.48 bits per heavy atom. The van der Waals surface area contributed by atoms with Crippen LogP contribution in [0.25, 0.3) is 0 Å². The summed E-state index contributed by atoms with van der Waals surface area (Å²) < 4.78 is 5.48. The number of hydrogen-bond donors (Lipinski definition) is 1. The first-order chi connectivity index (χ1) is 10.1. The summed E-state index contributed by atoms with van der Waals surface area (Å²) in [6.07, 6.45) is 5.06.